The van der Waals surface area contributed by atoms with Gasteiger partial charge in [0.1, 0.15) is 5.75 Å². The van der Waals surface area contributed by atoms with E-state index >= 15 is 0 Å². The molecule has 0 fully saturated rings. The second kappa shape index (κ2) is 14.6. The highest BCUT2D eigenvalue weighted by Gasteiger charge is 2.06. The van der Waals surface area contributed by atoms with Crippen LogP contribution in [0.15, 0.2) is 66.7 Å². The first kappa shape index (κ1) is 27.6. The highest BCUT2D eigenvalue weighted by molar-refractivity contribution is 7.91. The van der Waals surface area contributed by atoms with Gasteiger partial charge in [0.15, 0.2) is 19.7 Å². The van der Waals surface area contributed by atoms with Crippen molar-refractivity contribution < 1.29 is 21.6 Å². The fourth-order valence-electron chi connectivity index (χ4n) is 2.47. The highest BCUT2D eigenvalue weighted by Crippen LogP contribution is 2.12. The number of hydrogen-bond acceptors (Lipinski definition) is 7. The second-order valence-electron chi connectivity index (χ2n) is 6.79. The van der Waals surface area contributed by atoms with Crippen LogP contribution >= 0.6 is 0 Å². The smallest absolute Gasteiger partial charge is 0.155 e. The summed E-state index contributed by atoms with van der Waals surface area (Å²) in [6.45, 7) is 0.347. The van der Waals surface area contributed by atoms with Gasteiger partial charge < -0.3 is 16.2 Å². The van der Waals surface area contributed by atoms with Gasteiger partial charge in [-0.2, -0.15) is 0 Å². The Morgan fingerprint density at radius 1 is 0.719 bits per heavy atom. The topological polar surface area (TPSA) is 130 Å². The van der Waals surface area contributed by atoms with E-state index in [2.05, 4.69) is 0 Å². The van der Waals surface area contributed by atoms with Crippen molar-refractivity contribution in [1.29, 1.82) is 0 Å². The molecule has 0 aliphatic heterocycles. The first-order chi connectivity index (χ1) is 15.2. The average molecular weight is 481 g/mol. The standard InChI is InChI=1S/C12H17NO3S.C11H15NO2S/c1-16-12-6-4-11(5-7-12)3-2-9-17(14,15)10-8-13;12-8-10-15(13,14)9-4-7-11-5-2-1-3-6-11/h2-7H,8-10,13H2,1H3;1-7H,8-10,12H2/b3-2+;7-4+. The molecule has 2 aromatic carbocycles. The Labute approximate surface area is 191 Å². The van der Waals surface area contributed by atoms with Gasteiger partial charge in [-0.25, -0.2) is 16.8 Å². The van der Waals surface area contributed by atoms with Crippen molar-refractivity contribution >= 4 is 31.8 Å². The molecule has 7 nitrogen and oxygen atoms in total. The van der Waals surface area contributed by atoms with Gasteiger partial charge >= 0.3 is 0 Å². The summed E-state index contributed by atoms with van der Waals surface area (Å²) in [6.07, 6.45) is 6.86. The fourth-order valence-corrected chi connectivity index (χ4v) is 4.30. The van der Waals surface area contributed by atoms with E-state index in [1.165, 1.54) is 0 Å². The van der Waals surface area contributed by atoms with Crippen molar-refractivity contribution in [2.45, 2.75) is 0 Å². The van der Waals surface area contributed by atoms with Crippen molar-refractivity contribution in [1.82, 2.24) is 0 Å². The van der Waals surface area contributed by atoms with Gasteiger partial charge in [-0.15, -0.1) is 0 Å². The molecule has 0 saturated heterocycles. The summed E-state index contributed by atoms with van der Waals surface area (Å²) in [5.74, 6) is 0.930. The van der Waals surface area contributed by atoms with Gasteiger partial charge in [0.05, 0.1) is 30.1 Å². The molecule has 32 heavy (non-hydrogen) atoms. The molecule has 4 N–H and O–H groups in total. The Kier molecular flexibility index (Phi) is 12.6. The zero-order valence-electron chi connectivity index (χ0n) is 18.3. The molecule has 0 atom stereocenters. The molecule has 0 aliphatic carbocycles. The molecule has 0 aromatic heterocycles. The van der Waals surface area contributed by atoms with Crippen LogP contribution in [0.5, 0.6) is 5.75 Å². The first-order valence-electron chi connectivity index (χ1n) is 10.0. The number of ether oxygens (including phenoxy) is 1. The predicted molar refractivity (Wildman–Crippen MR) is 133 cm³/mol. The maximum Gasteiger partial charge on any atom is 0.155 e. The van der Waals surface area contributed by atoms with Crippen molar-refractivity contribution in [3.8, 4) is 5.75 Å². The molecule has 0 aliphatic rings. The molecule has 0 spiro atoms. The quantitative estimate of drug-likeness (QED) is 0.504. The van der Waals surface area contributed by atoms with Crippen molar-refractivity contribution in [2.75, 3.05) is 43.2 Å². The summed E-state index contributed by atoms with van der Waals surface area (Å²) in [7, 11) is -4.46. The summed E-state index contributed by atoms with van der Waals surface area (Å²) in [4.78, 5) is 0. The number of nitrogens with two attached hydrogens (primary N) is 2. The van der Waals surface area contributed by atoms with Crippen LogP contribution in [-0.2, 0) is 19.7 Å². The molecule has 2 rings (SSSR count). The Morgan fingerprint density at radius 2 is 1.16 bits per heavy atom. The van der Waals surface area contributed by atoms with Crippen molar-refractivity contribution in [3.63, 3.8) is 0 Å². The van der Waals surface area contributed by atoms with E-state index in [4.69, 9.17) is 16.2 Å². The molecule has 9 heteroatoms. The van der Waals surface area contributed by atoms with Gasteiger partial charge in [-0.3, -0.25) is 0 Å². The lowest BCUT2D eigenvalue weighted by Crippen LogP contribution is -2.17. The van der Waals surface area contributed by atoms with Gasteiger partial charge in [0.2, 0.25) is 0 Å². The van der Waals surface area contributed by atoms with Gasteiger partial charge in [0, 0.05) is 13.1 Å². The third-order valence-electron chi connectivity index (χ3n) is 4.09. The van der Waals surface area contributed by atoms with E-state index in [1.807, 2.05) is 54.6 Å². The van der Waals surface area contributed by atoms with Crippen LogP contribution in [0.4, 0.5) is 0 Å². The summed E-state index contributed by atoms with van der Waals surface area (Å²) in [5.41, 5.74) is 12.3. The lowest BCUT2D eigenvalue weighted by Gasteiger charge is -1.99. The zero-order chi connectivity index (χ0) is 23.9. The van der Waals surface area contributed by atoms with Crippen LogP contribution in [0.1, 0.15) is 11.1 Å². The summed E-state index contributed by atoms with van der Waals surface area (Å²) in [6, 6.07) is 17.0. The molecule has 0 amide bonds. The van der Waals surface area contributed by atoms with Crippen LogP contribution in [0.25, 0.3) is 12.2 Å². The summed E-state index contributed by atoms with van der Waals surface area (Å²) in [5, 5.41) is 0. The molecule has 0 bridgehead atoms. The van der Waals surface area contributed by atoms with E-state index in [9.17, 15) is 16.8 Å². The van der Waals surface area contributed by atoms with E-state index in [0.29, 0.717) is 0 Å². The van der Waals surface area contributed by atoms with E-state index in [1.54, 1.807) is 31.4 Å². The second-order valence-corrected chi connectivity index (χ2v) is 11.3. The first-order valence-corrected chi connectivity index (χ1v) is 13.7. The molecule has 0 radical (unpaired) electrons. The van der Waals surface area contributed by atoms with Crippen LogP contribution in [0.3, 0.4) is 0 Å². The van der Waals surface area contributed by atoms with Crippen LogP contribution in [0.2, 0.25) is 0 Å². The highest BCUT2D eigenvalue weighted by atomic mass is 32.2. The van der Waals surface area contributed by atoms with Crippen LogP contribution in [-0.4, -0.2) is 60.0 Å². The molecular weight excluding hydrogens is 448 g/mol. The zero-order valence-corrected chi connectivity index (χ0v) is 19.9. The van der Waals surface area contributed by atoms with Crippen LogP contribution in [0, 0.1) is 0 Å². The van der Waals surface area contributed by atoms with Crippen LogP contribution < -0.4 is 16.2 Å². The Balaban J connectivity index is 0.000000323. The number of hydrogen-bond donors (Lipinski definition) is 2. The Morgan fingerprint density at radius 3 is 1.56 bits per heavy atom. The number of sulfone groups is 2. The fraction of sp³-hybridized carbons (Fsp3) is 0.304. The molecule has 0 saturated carbocycles. The molecule has 2 aromatic rings. The summed E-state index contributed by atoms with van der Waals surface area (Å²) < 4.78 is 50.3. The van der Waals surface area contributed by atoms with Gasteiger partial charge in [-0.05, 0) is 23.3 Å². The average Bonchev–Trinajstić information content (AvgIpc) is 2.75. The largest absolute Gasteiger partial charge is 0.497 e. The molecular formula is C23H32N2O5S2. The minimum absolute atomic E-state index is 0.0240. The maximum absolute atomic E-state index is 11.4. The number of rotatable bonds is 11. The third kappa shape index (κ3) is 12.4. The van der Waals surface area contributed by atoms with E-state index in [-0.39, 0.29) is 36.1 Å². The van der Waals surface area contributed by atoms with E-state index < -0.39 is 19.7 Å². The maximum atomic E-state index is 11.4. The normalized spacial score (nSPS) is 12.0. The SMILES string of the molecule is COc1ccc(/C=C/CS(=O)(=O)CCN)cc1.NCCS(=O)(=O)C/C=C/c1ccccc1. The molecule has 176 valence electrons. The minimum atomic E-state index is -3.05. The van der Waals surface area contributed by atoms with Crippen molar-refractivity contribution in [2.24, 2.45) is 11.5 Å². The van der Waals surface area contributed by atoms with Crippen molar-refractivity contribution in [3.05, 3.63) is 77.9 Å². The van der Waals surface area contributed by atoms with E-state index in [0.717, 1.165) is 16.9 Å². The minimum Gasteiger partial charge on any atom is -0.497 e. The predicted octanol–water partition coefficient (Wildman–Crippen LogP) is 2.16. The number of benzene rings is 2. The Bertz CT molecular complexity index is 1050. The lowest BCUT2D eigenvalue weighted by molar-refractivity contribution is 0.415. The lowest BCUT2D eigenvalue weighted by atomic mass is 10.2. The summed E-state index contributed by atoms with van der Waals surface area (Å²) >= 11 is 0. The number of methoxy groups -OCH3 is 1. The van der Waals surface area contributed by atoms with Gasteiger partial charge in [-0.1, -0.05) is 66.8 Å². The molecule has 0 heterocycles. The molecule has 0 unspecified atom stereocenters. The third-order valence-corrected chi connectivity index (χ3v) is 7.21. The Hall–Kier alpha value is -2.46. The van der Waals surface area contributed by atoms with Gasteiger partial charge in [0.25, 0.3) is 0 Å². The monoisotopic (exact) mass is 480 g/mol.